The van der Waals surface area contributed by atoms with Crippen molar-refractivity contribution < 1.29 is 39.6 Å². The number of nitrogens with zero attached hydrogens (tertiary/aromatic N) is 1. The number of anilines is 1. The number of alkyl halides is 3. The van der Waals surface area contributed by atoms with Crippen molar-refractivity contribution >= 4 is 33.2 Å². The van der Waals surface area contributed by atoms with Gasteiger partial charge < -0.3 is 5.32 Å². The Hall–Kier alpha value is -2.31. The average molecular weight is 489 g/mol. The monoisotopic (exact) mass is 488 g/mol. The number of sulfonamides is 1. The van der Waals surface area contributed by atoms with Crippen LogP contribution in [0.1, 0.15) is 18.9 Å². The molecule has 0 saturated carbocycles. The molecule has 2 aromatic carbocycles. The molecule has 0 saturated heterocycles. The van der Waals surface area contributed by atoms with Crippen LogP contribution in [0.2, 0.25) is 5.02 Å². The van der Waals surface area contributed by atoms with Crippen molar-refractivity contribution in [2.75, 3.05) is 18.4 Å². The highest BCUT2D eigenvalue weighted by Gasteiger charge is 2.36. The predicted octanol–water partition coefficient (Wildman–Crippen LogP) is 4.82. The number of halogens is 7. The van der Waals surface area contributed by atoms with Crippen LogP contribution in [-0.4, -0.2) is 31.7 Å². The molecule has 0 heterocycles. The van der Waals surface area contributed by atoms with Crippen LogP contribution in [0.4, 0.5) is 32.0 Å². The van der Waals surface area contributed by atoms with Gasteiger partial charge in [0, 0.05) is 6.54 Å². The maximum Gasteiger partial charge on any atom is 0.417 e. The molecule has 2 rings (SSSR count). The summed E-state index contributed by atoms with van der Waals surface area (Å²) in [6.07, 6.45) is -4.73. The lowest BCUT2D eigenvalue weighted by Crippen LogP contribution is -2.38. The van der Waals surface area contributed by atoms with Crippen molar-refractivity contribution in [3.05, 3.63) is 58.4 Å². The van der Waals surface area contributed by atoms with Gasteiger partial charge in [0.15, 0.2) is 17.5 Å². The number of carbonyl (C=O) groups excluding carboxylic acids is 1. The maximum absolute atomic E-state index is 13.7. The van der Waals surface area contributed by atoms with E-state index in [1.54, 1.807) is 6.92 Å². The van der Waals surface area contributed by atoms with Crippen LogP contribution < -0.4 is 5.32 Å². The fourth-order valence-electron chi connectivity index (χ4n) is 2.54. The summed E-state index contributed by atoms with van der Waals surface area (Å²) >= 11 is 5.50. The molecule has 0 bridgehead atoms. The minimum atomic E-state index is -4.92. The molecule has 1 amide bonds. The molecule has 1 N–H and O–H groups in total. The van der Waals surface area contributed by atoms with E-state index in [-0.39, 0.29) is 13.0 Å². The second kappa shape index (κ2) is 9.45. The fourth-order valence-corrected chi connectivity index (χ4v) is 4.28. The van der Waals surface area contributed by atoms with Crippen molar-refractivity contribution in [3.8, 4) is 0 Å². The van der Waals surface area contributed by atoms with Gasteiger partial charge >= 0.3 is 6.18 Å². The molecular formula is C18H15ClF6N2O3S. The molecule has 5 nitrogen and oxygen atoms in total. The summed E-state index contributed by atoms with van der Waals surface area (Å²) in [5, 5.41) is 1.20. The Morgan fingerprint density at radius 1 is 1.10 bits per heavy atom. The van der Waals surface area contributed by atoms with E-state index in [2.05, 4.69) is 0 Å². The van der Waals surface area contributed by atoms with E-state index in [0.29, 0.717) is 16.4 Å². The predicted molar refractivity (Wildman–Crippen MR) is 100 cm³/mol. The van der Waals surface area contributed by atoms with E-state index in [0.717, 1.165) is 18.2 Å². The fraction of sp³-hybridized carbons (Fsp3) is 0.278. The van der Waals surface area contributed by atoms with Crippen LogP contribution in [0.5, 0.6) is 0 Å². The second-order valence-electron chi connectivity index (χ2n) is 6.25. The Bertz CT molecular complexity index is 1090. The van der Waals surface area contributed by atoms with Crippen LogP contribution >= 0.6 is 11.6 Å². The molecule has 0 fully saturated rings. The Morgan fingerprint density at radius 2 is 1.74 bits per heavy atom. The van der Waals surface area contributed by atoms with E-state index in [9.17, 15) is 39.6 Å². The lowest BCUT2D eigenvalue weighted by atomic mass is 10.2. The molecule has 0 aliphatic rings. The van der Waals surface area contributed by atoms with Crippen molar-refractivity contribution in [1.82, 2.24) is 4.31 Å². The third-order valence-electron chi connectivity index (χ3n) is 3.98. The molecule has 0 spiro atoms. The van der Waals surface area contributed by atoms with Crippen molar-refractivity contribution in [3.63, 3.8) is 0 Å². The number of rotatable bonds is 7. The van der Waals surface area contributed by atoms with Gasteiger partial charge in [0.1, 0.15) is 0 Å². The maximum atomic E-state index is 13.7. The Kier molecular flexibility index (Phi) is 7.61. The van der Waals surface area contributed by atoms with Crippen LogP contribution in [0, 0.1) is 17.5 Å². The van der Waals surface area contributed by atoms with E-state index in [4.69, 9.17) is 11.6 Å². The SMILES string of the molecule is CCCN(CC(=O)Nc1ccc(F)c(F)c1F)S(=O)(=O)c1ccc(Cl)c(C(F)(F)F)c1. The van der Waals surface area contributed by atoms with Crippen molar-refractivity contribution in [2.45, 2.75) is 24.4 Å². The van der Waals surface area contributed by atoms with Gasteiger partial charge in [0.05, 0.1) is 27.7 Å². The molecule has 0 aliphatic carbocycles. The van der Waals surface area contributed by atoms with E-state index in [1.807, 2.05) is 5.32 Å². The van der Waals surface area contributed by atoms with Gasteiger partial charge in [-0.1, -0.05) is 18.5 Å². The number of amides is 1. The highest BCUT2D eigenvalue weighted by Crippen LogP contribution is 2.36. The van der Waals surface area contributed by atoms with Gasteiger partial charge in [-0.25, -0.2) is 21.6 Å². The van der Waals surface area contributed by atoms with Gasteiger partial charge in [0.25, 0.3) is 0 Å². The molecule has 0 aliphatic heterocycles. The van der Waals surface area contributed by atoms with E-state index >= 15 is 0 Å². The van der Waals surface area contributed by atoms with Crippen LogP contribution in [-0.2, 0) is 21.0 Å². The molecular weight excluding hydrogens is 474 g/mol. The zero-order valence-electron chi connectivity index (χ0n) is 15.7. The van der Waals surface area contributed by atoms with E-state index in [1.165, 1.54) is 0 Å². The molecule has 0 unspecified atom stereocenters. The second-order valence-corrected chi connectivity index (χ2v) is 8.59. The normalized spacial score (nSPS) is 12.3. The van der Waals surface area contributed by atoms with Gasteiger partial charge in [-0.05, 0) is 36.8 Å². The summed E-state index contributed by atoms with van der Waals surface area (Å²) in [6.45, 7) is 0.372. The Labute approximate surface area is 178 Å². The first-order valence-corrected chi connectivity index (χ1v) is 10.4. The third-order valence-corrected chi connectivity index (χ3v) is 6.15. The zero-order chi connectivity index (χ0) is 23.6. The van der Waals surface area contributed by atoms with Gasteiger partial charge in [-0.3, -0.25) is 4.79 Å². The van der Waals surface area contributed by atoms with Crippen LogP contribution in [0.15, 0.2) is 35.2 Å². The largest absolute Gasteiger partial charge is 0.417 e. The summed E-state index contributed by atoms with van der Waals surface area (Å²) < 4.78 is 105. The molecule has 13 heteroatoms. The topological polar surface area (TPSA) is 66.5 Å². The summed E-state index contributed by atoms with van der Waals surface area (Å²) in [6, 6.07) is 3.24. The number of benzene rings is 2. The molecule has 0 atom stereocenters. The average Bonchev–Trinajstić information content (AvgIpc) is 2.67. The molecule has 170 valence electrons. The summed E-state index contributed by atoms with van der Waals surface area (Å²) in [7, 11) is -4.59. The summed E-state index contributed by atoms with van der Waals surface area (Å²) in [5.41, 5.74) is -2.11. The first-order chi connectivity index (χ1) is 14.3. The summed E-state index contributed by atoms with van der Waals surface area (Å²) in [5.74, 6) is -6.14. The van der Waals surface area contributed by atoms with Crippen molar-refractivity contribution in [2.24, 2.45) is 0 Å². The highest BCUT2D eigenvalue weighted by molar-refractivity contribution is 7.89. The van der Waals surface area contributed by atoms with Gasteiger partial charge in [-0.2, -0.15) is 17.5 Å². The first-order valence-electron chi connectivity index (χ1n) is 8.59. The third kappa shape index (κ3) is 5.69. The molecule has 2 aromatic rings. The smallest absolute Gasteiger partial charge is 0.322 e. The van der Waals surface area contributed by atoms with E-state index < -0.39 is 67.3 Å². The first kappa shape index (κ1) is 25.0. The lowest BCUT2D eigenvalue weighted by molar-refractivity contribution is -0.137. The van der Waals surface area contributed by atoms with Crippen molar-refractivity contribution in [1.29, 1.82) is 0 Å². The number of hydrogen-bond donors (Lipinski definition) is 1. The molecule has 0 aromatic heterocycles. The van der Waals surface area contributed by atoms with Gasteiger partial charge in [0.2, 0.25) is 15.9 Å². The molecule has 0 radical (unpaired) electrons. The zero-order valence-corrected chi connectivity index (χ0v) is 17.3. The molecule has 31 heavy (non-hydrogen) atoms. The van der Waals surface area contributed by atoms with Crippen LogP contribution in [0.3, 0.4) is 0 Å². The highest BCUT2D eigenvalue weighted by atomic mass is 35.5. The minimum Gasteiger partial charge on any atom is -0.322 e. The quantitative estimate of drug-likeness (QED) is 0.449. The number of hydrogen-bond acceptors (Lipinski definition) is 3. The minimum absolute atomic E-state index is 0.186. The standard InChI is InChI=1S/C18H15ClF6N2O3S/c1-2-7-27(9-15(28)26-14-6-5-13(20)16(21)17(14)22)31(29,30)10-3-4-12(19)11(8-10)18(23,24)25/h3-6,8H,2,7,9H2,1H3,(H,26,28). The number of nitrogens with one attached hydrogen (secondary N) is 1. The Morgan fingerprint density at radius 3 is 2.32 bits per heavy atom. The number of carbonyl (C=O) groups is 1. The Balaban J connectivity index is 2.33. The van der Waals surface area contributed by atoms with Gasteiger partial charge in [-0.15, -0.1) is 0 Å². The summed E-state index contributed by atoms with van der Waals surface area (Å²) in [4.78, 5) is 11.4. The lowest BCUT2D eigenvalue weighted by Gasteiger charge is -2.22. The van der Waals surface area contributed by atoms with Crippen LogP contribution in [0.25, 0.3) is 0 Å².